The Morgan fingerprint density at radius 3 is 2.20 bits per heavy atom. The lowest BCUT2D eigenvalue weighted by Gasteiger charge is -2.10. The van der Waals surface area contributed by atoms with Gasteiger partial charge in [-0.25, -0.2) is 19.6 Å². The van der Waals surface area contributed by atoms with Crippen molar-refractivity contribution in [1.82, 2.24) is 9.97 Å². The molecule has 0 fully saturated rings. The number of rotatable bonds is 5. The molecule has 0 amide bonds. The average Bonchev–Trinajstić information content (AvgIpc) is 3.23. The minimum absolute atomic E-state index is 0.161. The van der Waals surface area contributed by atoms with E-state index in [1.807, 2.05) is 35.7 Å². The van der Waals surface area contributed by atoms with Gasteiger partial charge in [0.1, 0.15) is 16.9 Å². The van der Waals surface area contributed by atoms with Crippen LogP contribution >= 0.6 is 11.3 Å². The number of thiophene rings is 1. The van der Waals surface area contributed by atoms with Gasteiger partial charge in [-0.1, -0.05) is 30.3 Å². The van der Waals surface area contributed by atoms with Crippen LogP contribution in [0.1, 0.15) is 20.7 Å². The highest BCUT2D eigenvalue weighted by Crippen LogP contribution is 2.39. The number of carbonyl (C=O) groups is 2. The zero-order valence-electron chi connectivity index (χ0n) is 16.1. The second kappa shape index (κ2) is 8.30. The van der Waals surface area contributed by atoms with Crippen molar-refractivity contribution in [3.8, 4) is 22.8 Å². The lowest BCUT2D eigenvalue weighted by atomic mass is 10.1. The molecule has 30 heavy (non-hydrogen) atoms. The molecule has 4 rings (SSSR count). The zero-order chi connectivity index (χ0) is 21.1. The van der Waals surface area contributed by atoms with Crippen molar-refractivity contribution in [2.24, 2.45) is 0 Å². The standard InChI is InChI=1S/C22H16N2O5S/c1-27-21(25)14-8-15(22(26)28-2)10-16(9-14)29-19-18-17(13-6-4-3-5-7-13)11-30-20(18)24-12-23-19/h3-12H,1-2H3. The predicted molar refractivity (Wildman–Crippen MR) is 112 cm³/mol. The molecule has 2 aromatic carbocycles. The molecule has 0 aliphatic carbocycles. The maximum atomic E-state index is 12.0. The molecular weight excluding hydrogens is 404 g/mol. The van der Waals surface area contributed by atoms with Crippen LogP contribution in [0.4, 0.5) is 0 Å². The summed E-state index contributed by atoms with van der Waals surface area (Å²) in [6.07, 6.45) is 1.41. The van der Waals surface area contributed by atoms with E-state index < -0.39 is 11.9 Å². The molecule has 0 atom stereocenters. The quantitative estimate of drug-likeness (QED) is 0.432. The first-order valence-corrected chi connectivity index (χ1v) is 9.76. The third-order valence-electron chi connectivity index (χ3n) is 4.38. The monoisotopic (exact) mass is 420 g/mol. The van der Waals surface area contributed by atoms with Crippen LogP contribution in [-0.4, -0.2) is 36.1 Å². The molecule has 0 spiro atoms. The summed E-state index contributed by atoms with van der Waals surface area (Å²) in [5.74, 6) is -0.626. The van der Waals surface area contributed by atoms with Crippen molar-refractivity contribution in [2.75, 3.05) is 14.2 Å². The molecule has 0 saturated carbocycles. The summed E-state index contributed by atoms with van der Waals surface area (Å²) in [7, 11) is 2.53. The molecule has 2 heterocycles. The largest absolute Gasteiger partial charge is 0.465 e. The van der Waals surface area contributed by atoms with Crippen LogP contribution in [0.3, 0.4) is 0 Å². The maximum Gasteiger partial charge on any atom is 0.338 e. The summed E-state index contributed by atoms with van der Waals surface area (Å²) in [6.45, 7) is 0. The summed E-state index contributed by atoms with van der Waals surface area (Å²) >= 11 is 1.48. The summed E-state index contributed by atoms with van der Waals surface area (Å²) in [5, 5.41) is 2.74. The van der Waals surface area contributed by atoms with E-state index in [-0.39, 0.29) is 16.9 Å². The molecule has 0 saturated heterocycles. The molecule has 4 aromatic rings. The molecule has 2 aromatic heterocycles. The highest BCUT2D eigenvalue weighted by atomic mass is 32.1. The molecule has 8 heteroatoms. The number of esters is 2. The molecule has 0 aliphatic heterocycles. The number of aromatic nitrogens is 2. The van der Waals surface area contributed by atoms with Gasteiger partial charge in [0.25, 0.3) is 0 Å². The smallest absolute Gasteiger partial charge is 0.338 e. The van der Waals surface area contributed by atoms with Gasteiger partial charge in [-0.05, 0) is 23.8 Å². The minimum Gasteiger partial charge on any atom is -0.465 e. The fourth-order valence-electron chi connectivity index (χ4n) is 3.00. The van der Waals surface area contributed by atoms with E-state index >= 15 is 0 Å². The number of benzene rings is 2. The first-order chi connectivity index (χ1) is 14.6. The number of hydrogen-bond acceptors (Lipinski definition) is 8. The van der Waals surface area contributed by atoms with Gasteiger partial charge in [-0.3, -0.25) is 0 Å². The summed E-state index contributed by atoms with van der Waals surface area (Å²) in [6, 6.07) is 14.2. The van der Waals surface area contributed by atoms with Crippen LogP contribution in [0.15, 0.2) is 60.2 Å². The topological polar surface area (TPSA) is 87.6 Å². The Kier molecular flexibility index (Phi) is 5.40. The van der Waals surface area contributed by atoms with Crippen LogP contribution in [-0.2, 0) is 9.47 Å². The van der Waals surface area contributed by atoms with E-state index in [1.165, 1.54) is 50.1 Å². The van der Waals surface area contributed by atoms with Crippen molar-refractivity contribution in [1.29, 1.82) is 0 Å². The van der Waals surface area contributed by atoms with Crippen molar-refractivity contribution < 1.29 is 23.8 Å². The van der Waals surface area contributed by atoms with Crippen LogP contribution < -0.4 is 4.74 Å². The summed E-state index contributed by atoms with van der Waals surface area (Å²) in [4.78, 5) is 33.5. The Hall–Kier alpha value is -3.78. The molecule has 0 radical (unpaired) electrons. The number of hydrogen-bond donors (Lipinski definition) is 0. The fourth-order valence-corrected chi connectivity index (χ4v) is 3.90. The van der Waals surface area contributed by atoms with Gasteiger partial charge in [-0.15, -0.1) is 11.3 Å². The van der Waals surface area contributed by atoms with Gasteiger partial charge in [-0.2, -0.15) is 0 Å². The Labute approximate surface area is 175 Å². The predicted octanol–water partition coefficient (Wildman–Crippen LogP) is 4.72. The Morgan fingerprint density at radius 1 is 0.900 bits per heavy atom. The molecule has 0 bridgehead atoms. The molecule has 150 valence electrons. The van der Waals surface area contributed by atoms with Gasteiger partial charge in [0, 0.05) is 10.9 Å². The molecule has 7 nitrogen and oxygen atoms in total. The van der Waals surface area contributed by atoms with Crippen LogP contribution in [0.5, 0.6) is 11.6 Å². The Bertz CT molecular complexity index is 1200. The summed E-state index contributed by atoms with van der Waals surface area (Å²) < 4.78 is 15.6. The van der Waals surface area contributed by atoms with Crippen LogP contribution in [0.2, 0.25) is 0 Å². The maximum absolute atomic E-state index is 12.0. The van der Waals surface area contributed by atoms with Crippen molar-refractivity contribution in [3.63, 3.8) is 0 Å². The zero-order valence-corrected chi connectivity index (χ0v) is 16.9. The molecule has 0 N–H and O–H groups in total. The fraction of sp³-hybridized carbons (Fsp3) is 0.0909. The number of nitrogens with zero attached hydrogens (tertiary/aromatic N) is 2. The Balaban J connectivity index is 1.82. The van der Waals surface area contributed by atoms with Gasteiger partial charge in [0.05, 0.1) is 30.7 Å². The Morgan fingerprint density at radius 2 is 1.57 bits per heavy atom. The normalized spacial score (nSPS) is 10.6. The third-order valence-corrected chi connectivity index (χ3v) is 5.27. The number of methoxy groups -OCH3 is 2. The number of ether oxygens (including phenoxy) is 3. The second-order valence-corrected chi connectivity index (χ2v) is 7.06. The van der Waals surface area contributed by atoms with E-state index in [2.05, 4.69) is 9.97 Å². The number of carbonyl (C=O) groups excluding carboxylic acids is 2. The first kappa shape index (κ1) is 19.5. The van der Waals surface area contributed by atoms with E-state index in [1.54, 1.807) is 0 Å². The number of fused-ring (bicyclic) bond motifs is 1. The van der Waals surface area contributed by atoms with Crippen molar-refractivity contribution in [3.05, 3.63) is 71.4 Å². The lowest BCUT2D eigenvalue weighted by Crippen LogP contribution is -2.07. The van der Waals surface area contributed by atoms with Crippen molar-refractivity contribution in [2.45, 2.75) is 0 Å². The van der Waals surface area contributed by atoms with Crippen molar-refractivity contribution >= 4 is 33.5 Å². The molecular formula is C22H16N2O5S. The van der Waals surface area contributed by atoms with E-state index in [9.17, 15) is 9.59 Å². The minimum atomic E-state index is -0.598. The van der Waals surface area contributed by atoms with E-state index in [0.29, 0.717) is 5.88 Å². The van der Waals surface area contributed by atoms with E-state index in [0.717, 1.165) is 21.3 Å². The van der Waals surface area contributed by atoms with E-state index in [4.69, 9.17) is 14.2 Å². The second-order valence-electron chi connectivity index (χ2n) is 6.21. The van der Waals surface area contributed by atoms with Gasteiger partial charge < -0.3 is 14.2 Å². The third kappa shape index (κ3) is 3.72. The first-order valence-electron chi connectivity index (χ1n) is 8.88. The lowest BCUT2D eigenvalue weighted by molar-refractivity contribution is 0.0598. The SMILES string of the molecule is COC(=O)c1cc(Oc2ncnc3scc(-c4ccccc4)c23)cc(C(=O)OC)c1. The summed E-state index contributed by atoms with van der Waals surface area (Å²) in [5.41, 5.74) is 2.26. The van der Waals surface area contributed by atoms with Gasteiger partial charge in [0.15, 0.2) is 0 Å². The highest BCUT2D eigenvalue weighted by molar-refractivity contribution is 7.17. The molecule has 0 aliphatic rings. The van der Waals surface area contributed by atoms with Crippen LogP contribution in [0, 0.1) is 0 Å². The highest BCUT2D eigenvalue weighted by Gasteiger charge is 2.18. The average molecular weight is 420 g/mol. The van der Waals surface area contributed by atoms with Gasteiger partial charge in [0.2, 0.25) is 5.88 Å². The van der Waals surface area contributed by atoms with Gasteiger partial charge >= 0.3 is 11.9 Å². The van der Waals surface area contributed by atoms with Crippen LogP contribution in [0.25, 0.3) is 21.3 Å². The molecule has 0 unspecified atom stereocenters.